The minimum absolute atomic E-state index is 0.188. The van der Waals surface area contributed by atoms with Crippen LogP contribution in [0, 0.1) is 0 Å². The van der Waals surface area contributed by atoms with Crippen LogP contribution in [0.25, 0.3) is 0 Å². The lowest BCUT2D eigenvalue weighted by atomic mass is 10.1. The highest BCUT2D eigenvalue weighted by Gasteiger charge is 2.07. The van der Waals surface area contributed by atoms with E-state index in [9.17, 15) is 4.79 Å². The Balaban J connectivity index is 1.96. The van der Waals surface area contributed by atoms with Gasteiger partial charge in [0.25, 0.3) is 0 Å². The van der Waals surface area contributed by atoms with Crippen LogP contribution in [0.2, 0.25) is 0 Å². The average Bonchev–Trinajstić information content (AvgIpc) is 2.45. The Hall–Kier alpha value is -1.72. The molecule has 1 aromatic heterocycles. The molecule has 0 radical (unpaired) electrons. The molecule has 1 unspecified atom stereocenters. The number of nitrogens with one attached hydrogen (secondary N) is 1. The van der Waals surface area contributed by atoms with Crippen LogP contribution in [0.4, 0.5) is 0 Å². The van der Waals surface area contributed by atoms with Crippen LogP contribution in [0.3, 0.4) is 0 Å². The molecule has 5 heteroatoms. The molecule has 0 saturated carbocycles. The number of aromatic nitrogens is 1. The van der Waals surface area contributed by atoms with Gasteiger partial charge in [-0.3, -0.25) is 4.98 Å². The SMILES string of the molecule is CC(NCc1ccc(C(=O)O)cn1)c1cccc(Br)c1. The first kappa shape index (κ1) is 14.7. The second-order valence-corrected chi connectivity index (χ2v) is 5.42. The lowest BCUT2D eigenvalue weighted by Gasteiger charge is -2.14. The molecule has 4 nitrogen and oxygen atoms in total. The van der Waals surface area contributed by atoms with Crippen molar-refractivity contribution in [1.29, 1.82) is 0 Å². The Morgan fingerprint density at radius 1 is 1.40 bits per heavy atom. The van der Waals surface area contributed by atoms with Gasteiger partial charge in [0.2, 0.25) is 0 Å². The predicted molar refractivity (Wildman–Crippen MR) is 80.6 cm³/mol. The van der Waals surface area contributed by atoms with Crippen LogP contribution >= 0.6 is 15.9 Å². The second-order valence-electron chi connectivity index (χ2n) is 4.50. The van der Waals surface area contributed by atoms with Gasteiger partial charge in [0, 0.05) is 23.3 Å². The summed E-state index contributed by atoms with van der Waals surface area (Å²) in [5.74, 6) is -0.959. The topological polar surface area (TPSA) is 62.2 Å². The predicted octanol–water partition coefficient (Wildman–Crippen LogP) is 3.39. The van der Waals surface area contributed by atoms with Crippen molar-refractivity contribution in [3.63, 3.8) is 0 Å². The summed E-state index contributed by atoms with van der Waals surface area (Å²) >= 11 is 3.45. The maximum absolute atomic E-state index is 10.7. The average molecular weight is 335 g/mol. The number of hydrogen-bond acceptors (Lipinski definition) is 3. The zero-order chi connectivity index (χ0) is 14.5. The second kappa shape index (κ2) is 6.63. The molecule has 0 aliphatic carbocycles. The summed E-state index contributed by atoms with van der Waals surface area (Å²) in [4.78, 5) is 14.9. The molecule has 104 valence electrons. The molecule has 0 amide bonds. The fraction of sp³-hybridized carbons (Fsp3) is 0.200. The Kier molecular flexibility index (Phi) is 4.87. The summed E-state index contributed by atoms with van der Waals surface area (Å²) in [6.07, 6.45) is 1.38. The van der Waals surface area contributed by atoms with Gasteiger partial charge in [0.1, 0.15) is 0 Å². The maximum atomic E-state index is 10.7. The van der Waals surface area contributed by atoms with Crippen LogP contribution in [-0.2, 0) is 6.54 Å². The van der Waals surface area contributed by atoms with Crippen molar-refractivity contribution in [2.24, 2.45) is 0 Å². The highest BCUT2D eigenvalue weighted by molar-refractivity contribution is 9.10. The fourth-order valence-electron chi connectivity index (χ4n) is 1.81. The van der Waals surface area contributed by atoms with Crippen molar-refractivity contribution < 1.29 is 9.90 Å². The summed E-state index contributed by atoms with van der Waals surface area (Å²) in [6.45, 7) is 2.67. The molecule has 1 atom stereocenters. The van der Waals surface area contributed by atoms with Crippen molar-refractivity contribution in [1.82, 2.24) is 10.3 Å². The normalized spacial score (nSPS) is 12.1. The van der Waals surface area contributed by atoms with Crippen LogP contribution < -0.4 is 5.32 Å². The third-order valence-electron chi connectivity index (χ3n) is 3.01. The van der Waals surface area contributed by atoms with Gasteiger partial charge in [-0.1, -0.05) is 28.1 Å². The number of hydrogen-bond donors (Lipinski definition) is 2. The van der Waals surface area contributed by atoms with E-state index >= 15 is 0 Å². The summed E-state index contributed by atoms with van der Waals surface area (Å²) in [6, 6.07) is 11.6. The van der Waals surface area contributed by atoms with E-state index in [1.165, 1.54) is 11.8 Å². The summed E-state index contributed by atoms with van der Waals surface area (Å²) in [7, 11) is 0. The Morgan fingerprint density at radius 2 is 2.20 bits per heavy atom. The quantitative estimate of drug-likeness (QED) is 0.879. The molecular weight excluding hydrogens is 320 g/mol. The number of rotatable bonds is 5. The summed E-state index contributed by atoms with van der Waals surface area (Å²) in [5.41, 5.74) is 2.20. The van der Waals surface area contributed by atoms with E-state index in [0.717, 1.165) is 10.2 Å². The highest BCUT2D eigenvalue weighted by atomic mass is 79.9. The number of aromatic carboxylic acids is 1. The Labute approximate surface area is 126 Å². The zero-order valence-electron chi connectivity index (χ0n) is 11.0. The molecule has 0 spiro atoms. The molecule has 2 aromatic rings. The van der Waals surface area contributed by atoms with E-state index in [4.69, 9.17) is 5.11 Å². The molecule has 0 aliphatic heterocycles. The van der Waals surface area contributed by atoms with Gasteiger partial charge in [-0.25, -0.2) is 4.79 Å². The maximum Gasteiger partial charge on any atom is 0.337 e. The van der Waals surface area contributed by atoms with Gasteiger partial charge in [-0.2, -0.15) is 0 Å². The van der Waals surface area contributed by atoms with E-state index < -0.39 is 5.97 Å². The third-order valence-corrected chi connectivity index (χ3v) is 3.50. The van der Waals surface area contributed by atoms with Crippen molar-refractivity contribution in [3.05, 3.63) is 63.9 Å². The Bertz CT molecular complexity index is 599. The molecular formula is C15H15BrN2O2. The van der Waals surface area contributed by atoms with Gasteiger partial charge in [0.05, 0.1) is 11.3 Å². The largest absolute Gasteiger partial charge is 0.478 e. The molecule has 1 aromatic carbocycles. The minimum atomic E-state index is -0.959. The monoisotopic (exact) mass is 334 g/mol. The number of carbonyl (C=O) groups is 1. The van der Waals surface area contributed by atoms with E-state index in [1.54, 1.807) is 12.1 Å². The first-order chi connectivity index (χ1) is 9.56. The molecule has 0 saturated heterocycles. The van der Waals surface area contributed by atoms with Crippen LogP contribution in [0.15, 0.2) is 47.1 Å². The molecule has 20 heavy (non-hydrogen) atoms. The van der Waals surface area contributed by atoms with Crippen LogP contribution in [0.1, 0.15) is 34.6 Å². The molecule has 0 bridgehead atoms. The van der Waals surface area contributed by atoms with Gasteiger partial charge in [-0.15, -0.1) is 0 Å². The molecule has 0 aliphatic rings. The first-order valence-electron chi connectivity index (χ1n) is 6.23. The summed E-state index contributed by atoms with van der Waals surface area (Å²) in [5, 5.41) is 12.2. The van der Waals surface area contributed by atoms with E-state index in [1.807, 2.05) is 12.1 Å². The number of carboxylic acid groups (broad SMARTS) is 1. The molecule has 2 N–H and O–H groups in total. The van der Waals surface area contributed by atoms with Crippen LogP contribution in [0.5, 0.6) is 0 Å². The van der Waals surface area contributed by atoms with Crippen molar-refractivity contribution in [2.45, 2.75) is 19.5 Å². The number of halogens is 1. The molecule has 0 fully saturated rings. The van der Waals surface area contributed by atoms with E-state index in [0.29, 0.717) is 6.54 Å². The summed E-state index contributed by atoms with van der Waals surface area (Å²) < 4.78 is 1.05. The lowest BCUT2D eigenvalue weighted by molar-refractivity contribution is 0.0696. The number of benzene rings is 1. The fourth-order valence-corrected chi connectivity index (χ4v) is 2.22. The van der Waals surface area contributed by atoms with E-state index in [2.05, 4.69) is 45.3 Å². The van der Waals surface area contributed by atoms with Gasteiger partial charge in [0.15, 0.2) is 0 Å². The van der Waals surface area contributed by atoms with Crippen LogP contribution in [-0.4, -0.2) is 16.1 Å². The highest BCUT2D eigenvalue weighted by Crippen LogP contribution is 2.18. The number of nitrogens with zero attached hydrogens (tertiary/aromatic N) is 1. The smallest absolute Gasteiger partial charge is 0.337 e. The van der Waals surface area contributed by atoms with Gasteiger partial charge < -0.3 is 10.4 Å². The Morgan fingerprint density at radius 3 is 2.80 bits per heavy atom. The first-order valence-corrected chi connectivity index (χ1v) is 7.02. The lowest BCUT2D eigenvalue weighted by Crippen LogP contribution is -2.18. The van der Waals surface area contributed by atoms with Gasteiger partial charge in [-0.05, 0) is 36.8 Å². The van der Waals surface area contributed by atoms with Crippen molar-refractivity contribution in [2.75, 3.05) is 0 Å². The number of carboxylic acids is 1. The molecule has 2 rings (SSSR count). The van der Waals surface area contributed by atoms with Crippen molar-refractivity contribution >= 4 is 21.9 Å². The van der Waals surface area contributed by atoms with Crippen molar-refractivity contribution in [3.8, 4) is 0 Å². The standard InChI is InChI=1S/C15H15BrN2O2/c1-10(11-3-2-4-13(16)7-11)17-9-14-6-5-12(8-18-14)15(19)20/h2-8,10,17H,9H2,1H3,(H,19,20). The minimum Gasteiger partial charge on any atom is -0.478 e. The number of pyridine rings is 1. The molecule has 1 heterocycles. The third kappa shape index (κ3) is 3.88. The van der Waals surface area contributed by atoms with Gasteiger partial charge >= 0.3 is 5.97 Å². The zero-order valence-corrected chi connectivity index (χ0v) is 12.6. The van der Waals surface area contributed by atoms with E-state index in [-0.39, 0.29) is 11.6 Å².